The zero-order valence-electron chi connectivity index (χ0n) is 13.1. The Balaban J connectivity index is 1.64. The minimum Gasteiger partial charge on any atom is -0.379 e. The van der Waals surface area contributed by atoms with Gasteiger partial charge in [-0.15, -0.1) is 0 Å². The average Bonchev–Trinajstić information content (AvgIpc) is 2.90. The average molecular weight is 392 g/mol. The maximum atomic E-state index is 12.8. The number of hydrogen-bond acceptors (Lipinski definition) is 6. The lowest BCUT2D eigenvalue weighted by Gasteiger charge is -2.33. The highest BCUT2D eigenvalue weighted by Gasteiger charge is 2.37. The molecule has 8 heteroatoms. The summed E-state index contributed by atoms with van der Waals surface area (Å²) >= 11 is 12.9. The van der Waals surface area contributed by atoms with Crippen LogP contribution in [0.15, 0.2) is 35.2 Å². The number of hydrogen-bond donors (Lipinski definition) is 0. The van der Waals surface area contributed by atoms with E-state index >= 15 is 0 Å². The molecule has 1 amide bonds. The van der Waals surface area contributed by atoms with E-state index in [0.717, 1.165) is 10.9 Å². The lowest BCUT2D eigenvalue weighted by molar-refractivity contribution is -0.138. The molecule has 1 aromatic heterocycles. The summed E-state index contributed by atoms with van der Waals surface area (Å²) in [4.78, 5) is 17.9. The highest BCUT2D eigenvalue weighted by atomic mass is 35.5. The first kappa shape index (κ1) is 16.9. The van der Waals surface area contributed by atoms with Crippen molar-refractivity contribution in [3.63, 3.8) is 0 Å². The first-order chi connectivity index (χ1) is 12.1. The molecule has 1 aromatic carbocycles. The van der Waals surface area contributed by atoms with Crippen molar-refractivity contribution in [2.75, 3.05) is 26.3 Å². The Labute approximate surface area is 159 Å². The van der Waals surface area contributed by atoms with Gasteiger partial charge >= 0.3 is 0 Å². The Bertz CT molecular complexity index is 897. The molecule has 2 aromatic rings. The number of benzene rings is 1. The molecule has 128 valence electrons. The van der Waals surface area contributed by atoms with E-state index in [-0.39, 0.29) is 5.91 Å². The quantitative estimate of drug-likeness (QED) is 0.578. The lowest BCUT2D eigenvalue weighted by atomic mass is 10.2. The fraction of sp³-hybridized carbons (Fsp3) is 0.235. The summed E-state index contributed by atoms with van der Waals surface area (Å²) in [5.41, 5.74) is 1.41. The van der Waals surface area contributed by atoms with Crippen LogP contribution < -0.4 is 0 Å². The molecule has 0 spiro atoms. The van der Waals surface area contributed by atoms with Crippen LogP contribution in [0, 0.1) is 0 Å². The molecule has 0 unspecified atom stereocenters. The summed E-state index contributed by atoms with van der Waals surface area (Å²) in [7, 11) is 0. The molecule has 0 N–H and O–H groups in total. The van der Waals surface area contributed by atoms with E-state index in [1.807, 2.05) is 29.3 Å². The van der Waals surface area contributed by atoms with Gasteiger partial charge in [0.05, 0.1) is 34.4 Å². The van der Waals surface area contributed by atoms with Crippen molar-refractivity contribution in [2.45, 2.75) is 0 Å². The van der Waals surface area contributed by atoms with Crippen LogP contribution in [0.5, 0.6) is 0 Å². The van der Waals surface area contributed by atoms with Crippen LogP contribution in [0.1, 0.15) is 5.69 Å². The molecule has 0 bridgehead atoms. The Morgan fingerprint density at radius 2 is 2.04 bits per heavy atom. The molecule has 2 aliphatic rings. The lowest BCUT2D eigenvalue weighted by Crippen LogP contribution is -2.50. The standard InChI is InChI=1S/C17H14ClN3O2S2/c18-13-3-1-2-11-4-5-12(19-15(11)13)10-14-16(22)21(17(24)25-14)20-6-8-23-9-7-20/h1-5,10H,6-9H2/b14-10-. The summed E-state index contributed by atoms with van der Waals surface area (Å²) in [6.45, 7) is 2.51. The zero-order chi connectivity index (χ0) is 17.4. The number of amides is 1. The first-order valence-electron chi connectivity index (χ1n) is 7.79. The minimum absolute atomic E-state index is 0.113. The summed E-state index contributed by atoms with van der Waals surface area (Å²) in [5.74, 6) is -0.113. The van der Waals surface area contributed by atoms with Crippen molar-refractivity contribution < 1.29 is 9.53 Å². The Morgan fingerprint density at radius 1 is 1.24 bits per heavy atom. The number of halogens is 1. The van der Waals surface area contributed by atoms with E-state index in [9.17, 15) is 4.79 Å². The summed E-state index contributed by atoms with van der Waals surface area (Å²) < 4.78 is 5.88. The van der Waals surface area contributed by atoms with Gasteiger partial charge in [-0.25, -0.2) is 15.0 Å². The van der Waals surface area contributed by atoms with Crippen molar-refractivity contribution in [1.29, 1.82) is 0 Å². The van der Waals surface area contributed by atoms with Crippen LogP contribution in [-0.4, -0.2) is 51.5 Å². The molecule has 0 saturated carbocycles. The van der Waals surface area contributed by atoms with Crippen LogP contribution in [0.4, 0.5) is 0 Å². The number of nitrogens with zero attached hydrogens (tertiary/aromatic N) is 3. The monoisotopic (exact) mass is 391 g/mol. The molecular formula is C17H14ClN3O2S2. The molecule has 25 heavy (non-hydrogen) atoms. The van der Waals surface area contributed by atoms with Gasteiger partial charge in [0.2, 0.25) is 0 Å². The van der Waals surface area contributed by atoms with Gasteiger partial charge in [0.25, 0.3) is 5.91 Å². The SMILES string of the molecule is O=C1/C(=C/c2ccc3cccc(Cl)c3n2)SC(=S)N1N1CCOCC1. The van der Waals surface area contributed by atoms with Gasteiger partial charge in [0.15, 0.2) is 4.32 Å². The number of fused-ring (bicyclic) bond motifs is 1. The van der Waals surface area contributed by atoms with Crippen molar-refractivity contribution in [3.8, 4) is 0 Å². The fourth-order valence-corrected chi connectivity index (χ4v) is 4.32. The predicted octanol–water partition coefficient (Wildman–Crippen LogP) is 3.34. The zero-order valence-corrected chi connectivity index (χ0v) is 15.5. The van der Waals surface area contributed by atoms with E-state index in [4.69, 9.17) is 28.6 Å². The fourth-order valence-electron chi connectivity index (χ4n) is 2.80. The number of pyridine rings is 1. The van der Waals surface area contributed by atoms with E-state index in [1.165, 1.54) is 11.8 Å². The third kappa shape index (κ3) is 3.30. The maximum Gasteiger partial charge on any atom is 0.281 e. The van der Waals surface area contributed by atoms with Crippen LogP contribution >= 0.6 is 35.6 Å². The number of morpholine rings is 1. The number of rotatable bonds is 2. The van der Waals surface area contributed by atoms with Crippen LogP contribution in [-0.2, 0) is 9.53 Å². The molecule has 0 radical (unpaired) electrons. The molecule has 0 aliphatic carbocycles. The summed E-state index contributed by atoms with van der Waals surface area (Å²) in [6, 6.07) is 9.47. The molecule has 2 saturated heterocycles. The largest absolute Gasteiger partial charge is 0.379 e. The Kier molecular flexibility index (Phi) is 4.75. The van der Waals surface area contributed by atoms with Crippen molar-refractivity contribution >= 4 is 62.8 Å². The molecule has 5 nitrogen and oxygen atoms in total. The van der Waals surface area contributed by atoms with Crippen molar-refractivity contribution in [1.82, 2.24) is 15.0 Å². The molecule has 2 aliphatic heterocycles. The molecular weight excluding hydrogens is 378 g/mol. The summed E-state index contributed by atoms with van der Waals surface area (Å²) in [6.07, 6.45) is 1.77. The van der Waals surface area contributed by atoms with E-state index in [1.54, 1.807) is 17.2 Å². The number of hydrazine groups is 1. The topological polar surface area (TPSA) is 45.7 Å². The van der Waals surface area contributed by atoms with E-state index < -0.39 is 0 Å². The first-order valence-corrected chi connectivity index (χ1v) is 9.39. The number of thioether (sulfide) groups is 1. The van der Waals surface area contributed by atoms with Crippen LogP contribution in [0.25, 0.3) is 17.0 Å². The number of para-hydroxylation sites is 1. The van der Waals surface area contributed by atoms with Gasteiger partial charge in [-0.2, -0.15) is 0 Å². The van der Waals surface area contributed by atoms with Crippen LogP contribution in [0.3, 0.4) is 0 Å². The highest BCUT2D eigenvalue weighted by Crippen LogP contribution is 2.34. The number of thiocarbonyl (C=S) groups is 1. The summed E-state index contributed by atoms with van der Waals surface area (Å²) in [5, 5.41) is 5.06. The van der Waals surface area contributed by atoms with Gasteiger partial charge < -0.3 is 4.74 Å². The minimum atomic E-state index is -0.113. The van der Waals surface area contributed by atoms with E-state index in [2.05, 4.69) is 4.98 Å². The normalized spacial score (nSPS) is 20.8. The molecule has 4 rings (SSSR count). The second-order valence-corrected chi connectivity index (χ2v) is 7.69. The van der Waals surface area contributed by atoms with Crippen molar-refractivity contribution in [2.24, 2.45) is 0 Å². The van der Waals surface area contributed by atoms with Gasteiger partial charge in [0.1, 0.15) is 0 Å². The maximum absolute atomic E-state index is 12.8. The number of carbonyl (C=O) groups is 1. The van der Waals surface area contributed by atoms with E-state index in [0.29, 0.717) is 46.2 Å². The number of carbonyl (C=O) groups excluding carboxylic acids is 1. The molecule has 2 fully saturated rings. The predicted molar refractivity (Wildman–Crippen MR) is 104 cm³/mol. The highest BCUT2D eigenvalue weighted by molar-refractivity contribution is 8.26. The molecule has 0 atom stereocenters. The van der Waals surface area contributed by atoms with Gasteiger partial charge in [-0.3, -0.25) is 4.79 Å². The second-order valence-electron chi connectivity index (χ2n) is 5.61. The van der Waals surface area contributed by atoms with Gasteiger partial charge in [-0.05, 0) is 18.2 Å². The second kappa shape index (κ2) is 7.01. The number of ether oxygens (including phenoxy) is 1. The van der Waals surface area contributed by atoms with Crippen LogP contribution in [0.2, 0.25) is 5.02 Å². The third-order valence-corrected chi connectivity index (χ3v) is 5.60. The molecule has 3 heterocycles. The van der Waals surface area contributed by atoms with Gasteiger partial charge in [-0.1, -0.05) is 53.8 Å². The van der Waals surface area contributed by atoms with Crippen molar-refractivity contribution in [3.05, 3.63) is 46.0 Å². The Morgan fingerprint density at radius 3 is 2.84 bits per heavy atom. The van der Waals surface area contributed by atoms with Gasteiger partial charge in [0, 0.05) is 18.5 Å². The number of aromatic nitrogens is 1. The Hall–Kier alpha value is -1.51. The third-order valence-electron chi connectivity index (χ3n) is 4.02. The smallest absolute Gasteiger partial charge is 0.281 e.